The minimum absolute atomic E-state index is 0.250. The van der Waals surface area contributed by atoms with Crippen LogP contribution < -0.4 is 0 Å². The fourth-order valence-corrected chi connectivity index (χ4v) is 3.13. The SMILES string of the molecule is CCCC[C@@H]1CN(Cc2cnc(C)cn2)C[C@H](C2CC2)O1.O=CO. The number of carboxylic acid groups (broad SMARTS) is 1. The zero-order valence-corrected chi connectivity index (χ0v) is 14.7. The number of nitrogens with zero attached hydrogens (tertiary/aromatic N) is 3. The van der Waals surface area contributed by atoms with Crippen molar-refractivity contribution in [2.45, 2.75) is 64.7 Å². The molecule has 0 spiro atoms. The lowest BCUT2D eigenvalue weighted by Crippen LogP contribution is -2.48. The van der Waals surface area contributed by atoms with E-state index in [9.17, 15) is 0 Å². The molecule has 134 valence electrons. The number of aromatic nitrogens is 2. The Morgan fingerprint density at radius 3 is 2.67 bits per heavy atom. The van der Waals surface area contributed by atoms with Gasteiger partial charge in [-0.3, -0.25) is 19.7 Å². The van der Waals surface area contributed by atoms with Gasteiger partial charge in [-0.1, -0.05) is 19.8 Å². The standard InChI is InChI=1S/C17H27N3O.CH2O2/c1-3-4-5-16-11-20(12-17(21-16)14-6-7-14)10-15-9-18-13(2)8-19-15;2-1-3/h8-9,14,16-17H,3-7,10-12H2,1-2H3;1H,(H,2,3)/t16-,17-;/m1./s1. The van der Waals surface area contributed by atoms with E-state index in [4.69, 9.17) is 14.6 Å². The molecular weight excluding hydrogens is 306 g/mol. The first-order valence-electron chi connectivity index (χ1n) is 8.89. The van der Waals surface area contributed by atoms with Gasteiger partial charge in [-0.25, -0.2) is 0 Å². The van der Waals surface area contributed by atoms with Crippen molar-refractivity contribution in [1.82, 2.24) is 14.9 Å². The van der Waals surface area contributed by atoms with Crippen LogP contribution in [-0.4, -0.2) is 51.7 Å². The molecule has 1 aliphatic carbocycles. The lowest BCUT2D eigenvalue weighted by Gasteiger charge is -2.38. The Labute approximate surface area is 144 Å². The predicted molar refractivity (Wildman–Crippen MR) is 91.6 cm³/mol. The first-order valence-corrected chi connectivity index (χ1v) is 8.89. The first kappa shape index (κ1) is 18.8. The molecule has 6 heteroatoms. The number of hydrogen-bond acceptors (Lipinski definition) is 5. The molecule has 1 saturated heterocycles. The highest BCUT2D eigenvalue weighted by Gasteiger charge is 2.38. The van der Waals surface area contributed by atoms with Crippen molar-refractivity contribution in [3.63, 3.8) is 0 Å². The molecule has 24 heavy (non-hydrogen) atoms. The number of hydrogen-bond donors (Lipinski definition) is 1. The Bertz CT molecular complexity index is 491. The van der Waals surface area contributed by atoms with Gasteiger partial charge in [0.05, 0.1) is 23.6 Å². The van der Waals surface area contributed by atoms with E-state index in [2.05, 4.69) is 21.8 Å². The fourth-order valence-electron chi connectivity index (χ4n) is 3.13. The summed E-state index contributed by atoms with van der Waals surface area (Å²) in [5.41, 5.74) is 2.06. The maximum absolute atomic E-state index is 8.36. The Balaban J connectivity index is 0.000000647. The van der Waals surface area contributed by atoms with Crippen LogP contribution >= 0.6 is 0 Å². The second kappa shape index (κ2) is 9.69. The molecule has 1 aromatic heterocycles. The number of ether oxygens (including phenoxy) is 1. The van der Waals surface area contributed by atoms with Crippen LogP contribution in [0.4, 0.5) is 0 Å². The molecule has 1 saturated carbocycles. The largest absolute Gasteiger partial charge is 0.483 e. The van der Waals surface area contributed by atoms with Crippen LogP contribution in [-0.2, 0) is 16.1 Å². The summed E-state index contributed by atoms with van der Waals surface area (Å²) in [6.07, 6.45) is 11.0. The molecule has 2 heterocycles. The van der Waals surface area contributed by atoms with Crippen LogP contribution in [0.5, 0.6) is 0 Å². The number of rotatable bonds is 6. The van der Waals surface area contributed by atoms with E-state index in [-0.39, 0.29) is 6.47 Å². The predicted octanol–water partition coefficient (Wildman–Crippen LogP) is 2.66. The lowest BCUT2D eigenvalue weighted by atomic mass is 10.1. The molecule has 0 radical (unpaired) electrons. The van der Waals surface area contributed by atoms with Gasteiger partial charge in [-0.2, -0.15) is 0 Å². The summed E-state index contributed by atoms with van der Waals surface area (Å²) < 4.78 is 6.32. The van der Waals surface area contributed by atoms with Crippen LogP contribution in [0.25, 0.3) is 0 Å². The maximum atomic E-state index is 8.36. The number of carbonyl (C=O) groups is 1. The summed E-state index contributed by atoms with van der Waals surface area (Å²) in [7, 11) is 0. The van der Waals surface area contributed by atoms with E-state index in [1.165, 1.54) is 32.1 Å². The van der Waals surface area contributed by atoms with Crippen molar-refractivity contribution in [3.05, 3.63) is 23.8 Å². The second-order valence-corrected chi connectivity index (χ2v) is 6.72. The average Bonchev–Trinajstić information content (AvgIpc) is 3.41. The van der Waals surface area contributed by atoms with Gasteiger partial charge in [-0.15, -0.1) is 0 Å². The van der Waals surface area contributed by atoms with E-state index in [1.807, 2.05) is 19.3 Å². The Kier molecular flexibility index (Phi) is 7.59. The summed E-state index contributed by atoms with van der Waals surface area (Å²) >= 11 is 0. The molecule has 3 rings (SSSR count). The highest BCUT2D eigenvalue weighted by molar-refractivity contribution is 5.32. The molecule has 2 aliphatic rings. The van der Waals surface area contributed by atoms with Crippen molar-refractivity contribution in [2.75, 3.05) is 13.1 Å². The van der Waals surface area contributed by atoms with Crippen molar-refractivity contribution < 1.29 is 14.6 Å². The molecule has 6 nitrogen and oxygen atoms in total. The highest BCUT2D eigenvalue weighted by atomic mass is 16.5. The third kappa shape index (κ3) is 6.17. The molecule has 2 atom stereocenters. The van der Waals surface area contributed by atoms with Gasteiger partial charge < -0.3 is 9.84 Å². The van der Waals surface area contributed by atoms with Crippen LogP contribution in [0.2, 0.25) is 0 Å². The normalized spacial score (nSPS) is 24.1. The van der Waals surface area contributed by atoms with E-state index in [0.29, 0.717) is 12.2 Å². The van der Waals surface area contributed by atoms with E-state index in [1.54, 1.807) is 0 Å². The number of aryl methyl sites for hydroxylation is 1. The topological polar surface area (TPSA) is 75.5 Å². The van der Waals surface area contributed by atoms with Gasteiger partial charge in [0.25, 0.3) is 6.47 Å². The van der Waals surface area contributed by atoms with Gasteiger partial charge in [0.15, 0.2) is 0 Å². The third-order valence-electron chi connectivity index (χ3n) is 4.51. The zero-order chi connectivity index (χ0) is 17.4. The summed E-state index contributed by atoms with van der Waals surface area (Å²) in [6, 6.07) is 0. The van der Waals surface area contributed by atoms with Gasteiger partial charge in [0, 0.05) is 32.0 Å². The molecule has 0 aromatic carbocycles. The van der Waals surface area contributed by atoms with Crippen molar-refractivity contribution in [2.24, 2.45) is 5.92 Å². The summed E-state index contributed by atoms with van der Waals surface area (Å²) in [5.74, 6) is 0.807. The third-order valence-corrected chi connectivity index (χ3v) is 4.51. The Morgan fingerprint density at radius 1 is 1.33 bits per heavy atom. The van der Waals surface area contributed by atoms with Crippen LogP contribution in [0.15, 0.2) is 12.4 Å². The molecule has 0 amide bonds. The summed E-state index contributed by atoms with van der Waals surface area (Å²) in [6.45, 7) is 6.99. The molecule has 0 unspecified atom stereocenters. The number of morpholine rings is 1. The van der Waals surface area contributed by atoms with Gasteiger partial charge in [0.2, 0.25) is 0 Å². The van der Waals surface area contributed by atoms with E-state index in [0.717, 1.165) is 36.9 Å². The molecule has 0 bridgehead atoms. The highest BCUT2D eigenvalue weighted by Crippen LogP contribution is 2.37. The van der Waals surface area contributed by atoms with Gasteiger partial charge in [0.1, 0.15) is 0 Å². The Morgan fingerprint density at radius 2 is 2.08 bits per heavy atom. The Hall–Kier alpha value is -1.53. The molecular formula is C18H29N3O3. The summed E-state index contributed by atoms with van der Waals surface area (Å²) in [5, 5.41) is 6.89. The average molecular weight is 335 g/mol. The van der Waals surface area contributed by atoms with E-state index >= 15 is 0 Å². The molecule has 1 aliphatic heterocycles. The minimum Gasteiger partial charge on any atom is -0.483 e. The molecule has 2 fully saturated rings. The second-order valence-electron chi connectivity index (χ2n) is 6.72. The monoisotopic (exact) mass is 335 g/mol. The fraction of sp³-hybridized carbons (Fsp3) is 0.722. The van der Waals surface area contributed by atoms with Gasteiger partial charge in [-0.05, 0) is 32.1 Å². The zero-order valence-electron chi connectivity index (χ0n) is 14.7. The first-order chi connectivity index (χ1) is 11.7. The smallest absolute Gasteiger partial charge is 0.290 e. The maximum Gasteiger partial charge on any atom is 0.290 e. The van der Waals surface area contributed by atoms with Crippen molar-refractivity contribution in [1.29, 1.82) is 0 Å². The number of unbranched alkanes of at least 4 members (excludes halogenated alkanes) is 1. The van der Waals surface area contributed by atoms with Crippen LogP contribution in [0.3, 0.4) is 0 Å². The summed E-state index contributed by atoms with van der Waals surface area (Å²) in [4.78, 5) is 19.7. The molecule has 1 aromatic rings. The van der Waals surface area contributed by atoms with E-state index < -0.39 is 0 Å². The van der Waals surface area contributed by atoms with Gasteiger partial charge >= 0.3 is 0 Å². The quantitative estimate of drug-likeness (QED) is 0.806. The minimum atomic E-state index is -0.250. The van der Waals surface area contributed by atoms with Crippen molar-refractivity contribution in [3.8, 4) is 0 Å². The lowest BCUT2D eigenvalue weighted by molar-refractivity contribution is -0.122. The molecule has 1 N–H and O–H groups in total. The van der Waals surface area contributed by atoms with Crippen LogP contribution in [0, 0.1) is 12.8 Å². The van der Waals surface area contributed by atoms with Crippen molar-refractivity contribution >= 4 is 6.47 Å². The van der Waals surface area contributed by atoms with Crippen LogP contribution in [0.1, 0.15) is 50.4 Å².